The molecule has 0 bridgehead atoms. The van der Waals surface area contributed by atoms with Gasteiger partial charge in [0.2, 0.25) is 11.8 Å². The van der Waals surface area contributed by atoms with E-state index in [-0.39, 0.29) is 28.3 Å². The topological polar surface area (TPSA) is 119 Å². The highest BCUT2D eigenvalue weighted by molar-refractivity contribution is 7.90. The molecular formula is C30H34N6O5S. The van der Waals surface area contributed by atoms with E-state index in [0.29, 0.717) is 41.6 Å². The number of aryl methyl sites for hydroxylation is 1. The van der Waals surface area contributed by atoms with E-state index in [1.54, 1.807) is 48.5 Å². The summed E-state index contributed by atoms with van der Waals surface area (Å²) in [5, 5.41) is 3.61. The van der Waals surface area contributed by atoms with Gasteiger partial charge in [0.15, 0.2) is 5.65 Å². The van der Waals surface area contributed by atoms with Crippen LogP contribution in [0.3, 0.4) is 0 Å². The molecule has 1 N–H and O–H groups in total. The first-order valence-corrected chi connectivity index (χ1v) is 15.5. The van der Waals surface area contributed by atoms with Crippen LogP contribution in [0.15, 0.2) is 59.6 Å². The maximum Gasteiger partial charge on any atom is 0.269 e. The Balaban J connectivity index is 1.31. The van der Waals surface area contributed by atoms with E-state index in [1.165, 1.54) is 19.7 Å². The Morgan fingerprint density at radius 3 is 2.64 bits per heavy atom. The first kappa shape index (κ1) is 28.0. The van der Waals surface area contributed by atoms with E-state index < -0.39 is 10.0 Å². The minimum atomic E-state index is -3.93. The van der Waals surface area contributed by atoms with Crippen LogP contribution in [0.25, 0.3) is 11.0 Å². The molecule has 1 atom stereocenters. The first-order chi connectivity index (χ1) is 20.3. The quantitative estimate of drug-likeness (QED) is 0.324. The molecule has 0 aliphatic carbocycles. The van der Waals surface area contributed by atoms with Crippen molar-refractivity contribution in [2.75, 3.05) is 45.2 Å². The Morgan fingerprint density at radius 2 is 1.88 bits per heavy atom. The summed E-state index contributed by atoms with van der Waals surface area (Å²) in [4.78, 5) is 27.0. The smallest absolute Gasteiger partial charge is 0.269 e. The summed E-state index contributed by atoms with van der Waals surface area (Å²) >= 11 is 0. The number of amides is 1. The summed E-state index contributed by atoms with van der Waals surface area (Å²) in [6.45, 7) is 7.51. The molecule has 0 spiro atoms. The number of nitrogens with zero attached hydrogens (tertiary/aromatic N) is 5. The van der Waals surface area contributed by atoms with Gasteiger partial charge in [0, 0.05) is 37.4 Å². The van der Waals surface area contributed by atoms with Crippen LogP contribution >= 0.6 is 0 Å². The van der Waals surface area contributed by atoms with Gasteiger partial charge in [-0.1, -0.05) is 17.7 Å². The number of piperazine rings is 1. The third-order valence-corrected chi connectivity index (χ3v) is 9.58. The third kappa shape index (κ3) is 5.16. The molecule has 12 heteroatoms. The van der Waals surface area contributed by atoms with Gasteiger partial charge >= 0.3 is 0 Å². The van der Waals surface area contributed by atoms with E-state index in [0.717, 1.165) is 35.6 Å². The predicted octanol–water partition coefficient (Wildman–Crippen LogP) is 4.05. The van der Waals surface area contributed by atoms with Crippen molar-refractivity contribution in [1.29, 1.82) is 0 Å². The van der Waals surface area contributed by atoms with Crippen molar-refractivity contribution in [3.05, 3.63) is 65.9 Å². The average molecular weight is 591 g/mol. The maximum absolute atomic E-state index is 13.5. The molecule has 2 saturated heterocycles. The number of aromatic nitrogens is 3. The molecule has 2 aromatic carbocycles. The molecule has 1 unspecified atom stereocenters. The highest BCUT2D eigenvalue weighted by Crippen LogP contribution is 2.33. The number of carbonyl (C=O) groups excluding carboxylic acids is 1. The van der Waals surface area contributed by atoms with Crippen LogP contribution in [0.2, 0.25) is 0 Å². The van der Waals surface area contributed by atoms with Gasteiger partial charge in [0.25, 0.3) is 15.9 Å². The Kier molecular flexibility index (Phi) is 7.50. The second-order valence-electron chi connectivity index (χ2n) is 10.6. The fourth-order valence-corrected chi connectivity index (χ4v) is 6.99. The minimum Gasteiger partial charge on any atom is -0.495 e. The Bertz CT molecular complexity index is 1740. The fourth-order valence-electron chi connectivity index (χ4n) is 5.69. The van der Waals surface area contributed by atoms with Gasteiger partial charge in [-0.05, 0) is 69.6 Å². The third-order valence-electron chi connectivity index (χ3n) is 7.90. The molecule has 2 aliphatic heterocycles. The van der Waals surface area contributed by atoms with Gasteiger partial charge in [-0.3, -0.25) is 9.69 Å². The summed E-state index contributed by atoms with van der Waals surface area (Å²) in [5.74, 6) is 0.783. The first-order valence-electron chi connectivity index (χ1n) is 14.1. The van der Waals surface area contributed by atoms with Crippen molar-refractivity contribution in [2.45, 2.75) is 37.6 Å². The number of rotatable bonds is 8. The van der Waals surface area contributed by atoms with Gasteiger partial charge in [-0.15, -0.1) is 0 Å². The monoisotopic (exact) mass is 590 g/mol. The largest absolute Gasteiger partial charge is 0.495 e. The number of nitrogens with one attached hydrogen (secondary N) is 1. The lowest BCUT2D eigenvalue weighted by molar-refractivity contribution is 0.0571. The number of fused-ring (bicyclic) bond motifs is 2. The van der Waals surface area contributed by atoms with Gasteiger partial charge in [0.1, 0.15) is 5.75 Å². The zero-order valence-electron chi connectivity index (χ0n) is 23.9. The van der Waals surface area contributed by atoms with Crippen molar-refractivity contribution < 1.29 is 22.7 Å². The van der Waals surface area contributed by atoms with Crippen LogP contribution in [-0.2, 0) is 10.0 Å². The Hall–Kier alpha value is -4.16. The van der Waals surface area contributed by atoms with Crippen molar-refractivity contribution in [2.24, 2.45) is 0 Å². The molecular weight excluding hydrogens is 556 g/mol. The lowest BCUT2D eigenvalue weighted by Gasteiger charge is -2.37. The maximum atomic E-state index is 13.5. The number of methoxy groups -OCH3 is 1. The lowest BCUT2D eigenvalue weighted by atomic mass is 10.1. The molecule has 220 valence electrons. The summed E-state index contributed by atoms with van der Waals surface area (Å²) in [5.41, 5.74) is 2.19. The van der Waals surface area contributed by atoms with Crippen LogP contribution in [0, 0.1) is 6.92 Å². The second kappa shape index (κ2) is 11.3. The molecule has 2 fully saturated rings. The minimum absolute atomic E-state index is 0.0261. The van der Waals surface area contributed by atoms with Crippen molar-refractivity contribution in [1.82, 2.24) is 23.7 Å². The molecule has 2 aromatic heterocycles. The van der Waals surface area contributed by atoms with Crippen LogP contribution in [0.5, 0.6) is 11.6 Å². The average Bonchev–Trinajstić information content (AvgIpc) is 3.65. The summed E-state index contributed by atoms with van der Waals surface area (Å²) in [6.07, 6.45) is 3.76. The number of anilines is 2. The SMILES string of the molecule is CCOc1nc(Nc2ccc(C(=O)N3CCN4CCCC4C3)cc2OC)nc2c1ccn2S(=O)(=O)c1ccc(C)cc1. The molecule has 4 heterocycles. The van der Waals surface area contributed by atoms with Crippen LogP contribution in [-0.4, -0.2) is 84.0 Å². The summed E-state index contributed by atoms with van der Waals surface area (Å²) in [7, 11) is -2.40. The highest BCUT2D eigenvalue weighted by Gasteiger charge is 2.33. The predicted molar refractivity (Wildman–Crippen MR) is 159 cm³/mol. The number of hydrogen-bond donors (Lipinski definition) is 1. The van der Waals surface area contributed by atoms with Gasteiger partial charge in [-0.2, -0.15) is 9.97 Å². The zero-order valence-corrected chi connectivity index (χ0v) is 24.7. The zero-order chi connectivity index (χ0) is 29.4. The van der Waals surface area contributed by atoms with E-state index in [1.807, 2.05) is 18.7 Å². The Labute approximate surface area is 245 Å². The molecule has 4 aromatic rings. The van der Waals surface area contributed by atoms with Crippen LogP contribution in [0.1, 0.15) is 35.7 Å². The molecule has 42 heavy (non-hydrogen) atoms. The normalized spacial score (nSPS) is 17.3. The molecule has 0 radical (unpaired) electrons. The summed E-state index contributed by atoms with van der Waals surface area (Å²) < 4.78 is 39.6. The number of hydrogen-bond acceptors (Lipinski definition) is 9. The fraction of sp³-hybridized carbons (Fsp3) is 0.367. The van der Waals surface area contributed by atoms with Crippen molar-refractivity contribution >= 4 is 38.6 Å². The van der Waals surface area contributed by atoms with E-state index in [4.69, 9.17) is 9.47 Å². The lowest BCUT2D eigenvalue weighted by Crippen LogP contribution is -2.52. The number of ether oxygens (including phenoxy) is 2. The Morgan fingerprint density at radius 1 is 1.07 bits per heavy atom. The second-order valence-corrected chi connectivity index (χ2v) is 12.4. The van der Waals surface area contributed by atoms with Gasteiger partial charge in [-0.25, -0.2) is 12.4 Å². The van der Waals surface area contributed by atoms with Crippen LogP contribution in [0.4, 0.5) is 11.6 Å². The molecule has 1 amide bonds. The molecule has 0 saturated carbocycles. The van der Waals surface area contributed by atoms with E-state index >= 15 is 0 Å². The van der Waals surface area contributed by atoms with Gasteiger partial charge < -0.3 is 19.7 Å². The van der Waals surface area contributed by atoms with Gasteiger partial charge in [0.05, 0.1) is 29.7 Å². The van der Waals surface area contributed by atoms with Crippen molar-refractivity contribution in [3.8, 4) is 11.6 Å². The summed E-state index contributed by atoms with van der Waals surface area (Å²) in [6, 6.07) is 13.9. The van der Waals surface area contributed by atoms with Crippen molar-refractivity contribution in [3.63, 3.8) is 0 Å². The highest BCUT2D eigenvalue weighted by atomic mass is 32.2. The van der Waals surface area contributed by atoms with Crippen LogP contribution < -0.4 is 14.8 Å². The van der Waals surface area contributed by atoms with E-state index in [2.05, 4.69) is 20.2 Å². The molecule has 6 rings (SSSR count). The van der Waals surface area contributed by atoms with E-state index in [9.17, 15) is 13.2 Å². The number of carbonyl (C=O) groups is 1. The molecule has 2 aliphatic rings. The molecule has 11 nitrogen and oxygen atoms in total. The standard InChI is InChI=1S/C30H34N6O5S/c1-4-41-28-24-13-15-36(42(38,39)23-10-7-20(2)8-11-23)27(24)32-30(33-28)31-25-12-9-21(18-26(25)40-3)29(37)35-17-16-34-14-5-6-22(34)19-35/h7-13,15,18,22H,4-6,14,16-17,19H2,1-3H3,(H,31,32,33). The number of benzene rings is 2.